The molecular weight excluding hydrogens is 559 g/mol. The molecule has 1 aliphatic carbocycles. The highest BCUT2D eigenvalue weighted by Gasteiger charge is 2.36. The van der Waals surface area contributed by atoms with Gasteiger partial charge in [0, 0.05) is 50.3 Å². The van der Waals surface area contributed by atoms with Crippen molar-refractivity contribution in [2.24, 2.45) is 0 Å². The maximum absolute atomic E-state index is 13.7. The molecule has 3 fully saturated rings. The third kappa shape index (κ3) is 5.81. The van der Waals surface area contributed by atoms with Crippen molar-refractivity contribution in [3.05, 3.63) is 59.0 Å². The van der Waals surface area contributed by atoms with E-state index in [1.54, 1.807) is 37.8 Å². The molecule has 13 heteroatoms. The lowest BCUT2D eigenvalue weighted by Gasteiger charge is -2.33. The van der Waals surface area contributed by atoms with Crippen molar-refractivity contribution in [3.63, 3.8) is 0 Å². The standard InChI is InChI=1S/C27H33FN6O4S.ClH/c28-19-2-6-23(7-3-19)34-25(18-32(27(34)35)21-11-15-38-16-12-21)24-10-13-29-26(31-24)30-20-4-8-22(9-5-20)33-14-1-17-39(33,36)37;/h2-3,6-7,10,13,18,20-22H,1,4-5,8-9,11-12,14-17H2,(H,29,30,31);1H. The van der Waals surface area contributed by atoms with E-state index in [4.69, 9.17) is 9.72 Å². The van der Waals surface area contributed by atoms with Gasteiger partial charge in [0.25, 0.3) is 0 Å². The second-order valence-electron chi connectivity index (χ2n) is 10.6. The zero-order valence-electron chi connectivity index (χ0n) is 22.1. The fraction of sp³-hybridized carbons (Fsp3) is 0.519. The van der Waals surface area contributed by atoms with Gasteiger partial charge in [0.05, 0.1) is 22.8 Å². The van der Waals surface area contributed by atoms with Crippen LogP contribution in [-0.4, -0.2) is 69.4 Å². The van der Waals surface area contributed by atoms with E-state index in [-0.39, 0.29) is 47.8 Å². The SMILES string of the molecule is Cl.O=c1n(C2CCOCC2)cc(-c2ccnc(NC3CCC(N4CCCS4(=O)=O)CC3)n2)n1-c1ccc(F)cc1. The first kappa shape index (κ1) is 28.7. The van der Waals surface area contributed by atoms with E-state index in [9.17, 15) is 17.6 Å². The van der Waals surface area contributed by atoms with E-state index < -0.39 is 10.0 Å². The van der Waals surface area contributed by atoms with Crippen molar-refractivity contribution in [1.82, 2.24) is 23.4 Å². The molecule has 0 amide bonds. The number of nitrogens with one attached hydrogen (secondary N) is 1. The first-order valence-electron chi connectivity index (χ1n) is 13.7. The van der Waals surface area contributed by atoms with Crippen LogP contribution in [0, 0.1) is 5.82 Å². The highest BCUT2D eigenvalue weighted by atomic mass is 35.5. The molecule has 216 valence electrons. The van der Waals surface area contributed by atoms with Crippen molar-refractivity contribution < 1.29 is 17.5 Å². The zero-order chi connectivity index (χ0) is 27.0. The predicted molar refractivity (Wildman–Crippen MR) is 152 cm³/mol. The summed E-state index contributed by atoms with van der Waals surface area (Å²) in [5, 5.41) is 3.42. The van der Waals surface area contributed by atoms with Gasteiger partial charge in [-0.2, -0.15) is 4.31 Å². The number of aromatic nitrogens is 4. The molecule has 1 aromatic carbocycles. The molecule has 2 aliphatic heterocycles. The normalized spacial score (nSPS) is 23.5. The predicted octanol–water partition coefficient (Wildman–Crippen LogP) is 3.77. The molecule has 1 N–H and O–H groups in total. The van der Waals surface area contributed by atoms with E-state index in [1.165, 1.54) is 12.1 Å². The van der Waals surface area contributed by atoms with Crippen molar-refractivity contribution >= 4 is 28.4 Å². The number of hydrogen-bond acceptors (Lipinski definition) is 7. The van der Waals surface area contributed by atoms with Gasteiger partial charge < -0.3 is 10.1 Å². The number of hydrogen-bond donors (Lipinski definition) is 1. The molecule has 1 saturated carbocycles. The molecule has 3 aromatic rings. The molecule has 40 heavy (non-hydrogen) atoms. The Bertz CT molecular complexity index is 1480. The number of anilines is 1. The van der Waals surface area contributed by atoms with Gasteiger partial charge >= 0.3 is 5.69 Å². The first-order valence-corrected chi connectivity index (χ1v) is 15.3. The van der Waals surface area contributed by atoms with Gasteiger partial charge in [0.1, 0.15) is 5.82 Å². The lowest BCUT2D eigenvalue weighted by Crippen LogP contribution is -2.41. The minimum atomic E-state index is -3.11. The van der Waals surface area contributed by atoms with Gasteiger partial charge in [0.2, 0.25) is 16.0 Å². The van der Waals surface area contributed by atoms with Crippen LogP contribution in [0.4, 0.5) is 10.3 Å². The summed E-state index contributed by atoms with van der Waals surface area (Å²) in [6.07, 6.45) is 8.93. The average molecular weight is 593 g/mol. The minimum Gasteiger partial charge on any atom is -0.381 e. The van der Waals surface area contributed by atoms with Gasteiger partial charge in [-0.15, -0.1) is 12.4 Å². The van der Waals surface area contributed by atoms with Crippen LogP contribution in [0.3, 0.4) is 0 Å². The Labute approximate surface area is 239 Å². The van der Waals surface area contributed by atoms with Crippen molar-refractivity contribution in [3.8, 4) is 17.1 Å². The first-order chi connectivity index (χ1) is 18.9. The lowest BCUT2D eigenvalue weighted by atomic mass is 9.91. The summed E-state index contributed by atoms with van der Waals surface area (Å²) >= 11 is 0. The number of sulfonamides is 1. The maximum atomic E-state index is 13.7. The highest BCUT2D eigenvalue weighted by Crippen LogP contribution is 2.30. The summed E-state index contributed by atoms with van der Waals surface area (Å²) in [5.74, 6) is 0.342. The van der Waals surface area contributed by atoms with Crippen LogP contribution in [-0.2, 0) is 14.8 Å². The third-order valence-corrected chi connectivity index (χ3v) is 10.1. The van der Waals surface area contributed by atoms with Crippen molar-refractivity contribution in [2.75, 3.05) is 30.8 Å². The zero-order valence-corrected chi connectivity index (χ0v) is 23.7. The molecular formula is C27H34ClFN6O4S. The summed E-state index contributed by atoms with van der Waals surface area (Å²) in [6, 6.07) is 7.85. The third-order valence-electron chi connectivity index (χ3n) is 8.08. The van der Waals surface area contributed by atoms with Crippen molar-refractivity contribution in [2.45, 2.75) is 63.1 Å². The number of nitrogens with zero attached hydrogens (tertiary/aromatic N) is 5. The second kappa shape index (κ2) is 12.0. The monoisotopic (exact) mass is 592 g/mol. The van der Waals surface area contributed by atoms with Gasteiger partial charge in [0.15, 0.2) is 0 Å². The summed E-state index contributed by atoms with van der Waals surface area (Å²) in [4.78, 5) is 22.8. The molecule has 6 rings (SSSR count). The molecule has 0 radical (unpaired) electrons. The molecule has 2 saturated heterocycles. The molecule has 0 atom stereocenters. The molecule has 3 aliphatic rings. The van der Waals surface area contributed by atoms with Crippen LogP contribution in [0.15, 0.2) is 47.5 Å². The Balaban J connectivity index is 0.00000323. The number of benzene rings is 1. The van der Waals surface area contributed by atoms with Gasteiger partial charge in [-0.1, -0.05) is 0 Å². The molecule has 4 heterocycles. The fourth-order valence-electron chi connectivity index (χ4n) is 6.04. The number of ether oxygens (including phenoxy) is 1. The Morgan fingerprint density at radius 3 is 2.38 bits per heavy atom. The molecule has 0 bridgehead atoms. The molecule has 0 unspecified atom stereocenters. The largest absolute Gasteiger partial charge is 0.381 e. The topological polar surface area (TPSA) is 111 Å². The van der Waals surface area contributed by atoms with E-state index in [1.807, 2.05) is 6.20 Å². The quantitative estimate of drug-likeness (QED) is 0.464. The van der Waals surface area contributed by atoms with Crippen LogP contribution < -0.4 is 11.0 Å². The summed E-state index contributed by atoms with van der Waals surface area (Å²) < 4.78 is 48.8. The number of rotatable bonds is 6. The summed E-state index contributed by atoms with van der Waals surface area (Å²) in [7, 11) is -3.11. The Morgan fingerprint density at radius 1 is 0.975 bits per heavy atom. The lowest BCUT2D eigenvalue weighted by molar-refractivity contribution is 0.0686. The Kier molecular flexibility index (Phi) is 8.60. The van der Waals surface area contributed by atoms with Crippen LogP contribution in [0.2, 0.25) is 0 Å². The number of imidazole rings is 1. The maximum Gasteiger partial charge on any atom is 0.333 e. The van der Waals surface area contributed by atoms with E-state index in [2.05, 4.69) is 10.3 Å². The average Bonchev–Trinajstić information content (AvgIpc) is 3.49. The van der Waals surface area contributed by atoms with Crippen LogP contribution in [0.5, 0.6) is 0 Å². The van der Waals surface area contributed by atoms with Gasteiger partial charge in [-0.25, -0.2) is 27.6 Å². The Morgan fingerprint density at radius 2 is 1.70 bits per heavy atom. The van der Waals surface area contributed by atoms with Crippen LogP contribution in [0.25, 0.3) is 17.1 Å². The Hall–Kier alpha value is -2.80. The molecule has 2 aromatic heterocycles. The van der Waals surface area contributed by atoms with Gasteiger partial charge in [-0.3, -0.25) is 9.13 Å². The second-order valence-corrected chi connectivity index (χ2v) is 12.6. The summed E-state index contributed by atoms with van der Waals surface area (Å²) in [5.41, 5.74) is 1.54. The van der Waals surface area contributed by atoms with Crippen LogP contribution >= 0.6 is 12.4 Å². The van der Waals surface area contributed by atoms with E-state index >= 15 is 0 Å². The minimum absolute atomic E-state index is 0. The highest BCUT2D eigenvalue weighted by molar-refractivity contribution is 7.89. The molecule has 0 spiro atoms. The number of halogens is 2. The van der Waals surface area contributed by atoms with Crippen molar-refractivity contribution in [1.29, 1.82) is 0 Å². The molecule has 10 nitrogen and oxygen atoms in total. The summed E-state index contributed by atoms with van der Waals surface area (Å²) in [6.45, 7) is 1.82. The van der Waals surface area contributed by atoms with Crippen LogP contribution in [0.1, 0.15) is 51.0 Å². The smallest absolute Gasteiger partial charge is 0.333 e. The fourth-order valence-corrected chi connectivity index (χ4v) is 7.84. The van der Waals surface area contributed by atoms with E-state index in [0.29, 0.717) is 49.2 Å². The van der Waals surface area contributed by atoms with Gasteiger partial charge in [-0.05, 0) is 75.3 Å². The van der Waals surface area contributed by atoms with E-state index in [0.717, 1.165) is 38.5 Å².